The zero-order valence-corrected chi connectivity index (χ0v) is 11.4. The summed E-state index contributed by atoms with van der Waals surface area (Å²) >= 11 is 1.63. The van der Waals surface area contributed by atoms with Gasteiger partial charge in [-0.3, -0.25) is 0 Å². The molecule has 1 atom stereocenters. The lowest BCUT2D eigenvalue weighted by atomic mass is 10.3. The maximum Gasteiger partial charge on any atom is 0.122 e. The lowest BCUT2D eigenvalue weighted by Crippen LogP contribution is -2.02. The normalized spacial score (nSPS) is 17.0. The quantitative estimate of drug-likeness (QED) is 0.832. The summed E-state index contributed by atoms with van der Waals surface area (Å²) in [5, 5.41) is 11.4. The SMILES string of the molecule is COC(C)c1nc(Cn2cc(C3CC3)nn2)cs1. The Bertz CT molecular complexity index is 532. The van der Waals surface area contributed by atoms with Gasteiger partial charge >= 0.3 is 0 Å². The van der Waals surface area contributed by atoms with Crippen LogP contribution in [0.15, 0.2) is 11.6 Å². The minimum absolute atomic E-state index is 0.0570. The van der Waals surface area contributed by atoms with Crippen molar-refractivity contribution in [1.82, 2.24) is 20.0 Å². The van der Waals surface area contributed by atoms with Crippen LogP contribution >= 0.6 is 11.3 Å². The van der Waals surface area contributed by atoms with E-state index in [0.29, 0.717) is 12.5 Å². The molecule has 0 amide bonds. The Balaban J connectivity index is 1.69. The summed E-state index contributed by atoms with van der Waals surface area (Å²) in [7, 11) is 1.70. The Morgan fingerprint density at radius 3 is 3.11 bits per heavy atom. The van der Waals surface area contributed by atoms with Gasteiger partial charge in [0.1, 0.15) is 11.1 Å². The molecule has 96 valence electrons. The van der Waals surface area contributed by atoms with Gasteiger partial charge in [-0.1, -0.05) is 5.21 Å². The molecule has 1 aliphatic carbocycles. The van der Waals surface area contributed by atoms with Crippen molar-refractivity contribution in [3.63, 3.8) is 0 Å². The van der Waals surface area contributed by atoms with Gasteiger partial charge in [-0.25, -0.2) is 9.67 Å². The largest absolute Gasteiger partial charge is 0.375 e. The van der Waals surface area contributed by atoms with Gasteiger partial charge in [-0.2, -0.15) is 0 Å². The van der Waals surface area contributed by atoms with Crippen molar-refractivity contribution in [3.8, 4) is 0 Å². The summed E-state index contributed by atoms with van der Waals surface area (Å²) in [6.07, 6.45) is 4.60. The average Bonchev–Trinajstić information content (AvgIpc) is 2.96. The molecule has 2 aromatic heterocycles. The third kappa shape index (κ3) is 2.44. The first-order chi connectivity index (χ1) is 8.76. The van der Waals surface area contributed by atoms with Crippen LogP contribution in [0.2, 0.25) is 0 Å². The second-order valence-corrected chi connectivity index (χ2v) is 5.56. The second kappa shape index (κ2) is 4.78. The molecule has 0 spiro atoms. The molecule has 3 rings (SSSR count). The number of aromatic nitrogens is 4. The zero-order valence-electron chi connectivity index (χ0n) is 10.5. The third-order valence-corrected chi connectivity index (χ3v) is 4.20. The van der Waals surface area contributed by atoms with E-state index in [1.54, 1.807) is 18.4 Å². The van der Waals surface area contributed by atoms with Gasteiger partial charge in [-0.15, -0.1) is 16.4 Å². The lowest BCUT2D eigenvalue weighted by Gasteiger charge is -2.03. The first-order valence-electron chi connectivity index (χ1n) is 6.13. The van der Waals surface area contributed by atoms with Gasteiger partial charge < -0.3 is 4.74 Å². The van der Waals surface area contributed by atoms with Crippen LogP contribution in [-0.4, -0.2) is 27.1 Å². The Labute approximate surface area is 110 Å². The fourth-order valence-electron chi connectivity index (χ4n) is 1.81. The highest BCUT2D eigenvalue weighted by Crippen LogP contribution is 2.38. The third-order valence-electron chi connectivity index (χ3n) is 3.15. The van der Waals surface area contributed by atoms with Gasteiger partial charge in [0, 0.05) is 24.6 Å². The van der Waals surface area contributed by atoms with Crippen LogP contribution in [0.1, 0.15) is 48.2 Å². The summed E-state index contributed by atoms with van der Waals surface area (Å²) in [5.41, 5.74) is 2.14. The number of methoxy groups -OCH3 is 1. The number of nitrogens with zero attached hydrogens (tertiary/aromatic N) is 4. The standard InChI is InChI=1S/C12H16N4OS/c1-8(17-2)12-13-10(7-18-12)5-16-6-11(14-15-16)9-3-4-9/h6-9H,3-5H2,1-2H3. The number of hydrogen-bond acceptors (Lipinski definition) is 5. The summed E-state index contributed by atoms with van der Waals surface area (Å²) < 4.78 is 7.12. The van der Waals surface area contributed by atoms with Gasteiger partial charge in [-0.05, 0) is 19.8 Å². The molecule has 6 heteroatoms. The fraction of sp³-hybridized carbons (Fsp3) is 0.583. The minimum Gasteiger partial charge on any atom is -0.375 e. The van der Waals surface area contributed by atoms with E-state index in [2.05, 4.69) is 20.7 Å². The Morgan fingerprint density at radius 1 is 1.56 bits per heavy atom. The molecule has 0 aliphatic heterocycles. The van der Waals surface area contributed by atoms with Gasteiger partial charge in [0.2, 0.25) is 0 Å². The highest BCUT2D eigenvalue weighted by molar-refractivity contribution is 7.09. The van der Waals surface area contributed by atoms with Crippen LogP contribution in [0, 0.1) is 0 Å². The van der Waals surface area contributed by atoms with Crippen molar-refractivity contribution >= 4 is 11.3 Å². The topological polar surface area (TPSA) is 52.8 Å². The molecule has 0 saturated heterocycles. The van der Waals surface area contributed by atoms with Gasteiger partial charge in [0.05, 0.1) is 17.9 Å². The molecule has 0 N–H and O–H groups in total. The van der Waals surface area contributed by atoms with Crippen molar-refractivity contribution in [2.75, 3.05) is 7.11 Å². The van der Waals surface area contributed by atoms with E-state index >= 15 is 0 Å². The number of thiazole rings is 1. The summed E-state index contributed by atoms with van der Waals surface area (Å²) in [6.45, 7) is 2.69. The Hall–Kier alpha value is -1.27. The van der Waals surface area contributed by atoms with Crippen molar-refractivity contribution in [2.24, 2.45) is 0 Å². The summed E-state index contributed by atoms with van der Waals surface area (Å²) in [4.78, 5) is 4.55. The van der Waals surface area contributed by atoms with Crippen molar-refractivity contribution in [1.29, 1.82) is 0 Å². The lowest BCUT2D eigenvalue weighted by molar-refractivity contribution is 0.119. The molecule has 18 heavy (non-hydrogen) atoms. The molecule has 1 unspecified atom stereocenters. The highest BCUT2D eigenvalue weighted by atomic mass is 32.1. The summed E-state index contributed by atoms with van der Waals surface area (Å²) in [6, 6.07) is 0. The Morgan fingerprint density at radius 2 is 2.39 bits per heavy atom. The number of hydrogen-bond donors (Lipinski definition) is 0. The highest BCUT2D eigenvalue weighted by Gasteiger charge is 2.26. The second-order valence-electron chi connectivity index (χ2n) is 4.67. The van der Waals surface area contributed by atoms with Crippen molar-refractivity contribution in [3.05, 3.63) is 28.0 Å². The molecular formula is C12H16N4OS. The van der Waals surface area contributed by atoms with Crippen LogP contribution in [0.25, 0.3) is 0 Å². The number of ether oxygens (including phenoxy) is 1. The molecule has 0 aromatic carbocycles. The molecular weight excluding hydrogens is 248 g/mol. The van der Waals surface area contributed by atoms with Crippen LogP contribution in [0.4, 0.5) is 0 Å². The van der Waals surface area contributed by atoms with Crippen LogP contribution < -0.4 is 0 Å². The first-order valence-corrected chi connectivity index (χ1v) is 7.01. The maximum atomic E-state index is 5.26. The van der Waals surface area contributed by atoms with Crippen LogP contribution in [-0.2, 0) is 11.3 Å². The molecule has 0 bridgehead atoms. The minimum atomic E-state index is 0.0570. The van der Waals surface area contributed by atoms with Crippen LogP contribution in [0.3, 0.4) is 0 Å². The zero-order chi connectivity index (χ0) is 12.5. The smallest absolute Gasteiger partial charge is 0.122 e. The monoisotopic (exact) mass is 264 g/mol. The average molecular weight is 264 g/mol. The van der Waals surface area contributed by atoms with Gasteiger partial charge in [0.15, 0.2) is 0 Å². The predicted octanol–water partition coefficient (Wildman–Crippen LogP) is 2.37. The molecule has 1 aliphatic rings. The molecule has 2 heterocycles. The van der Waals surface area contributed by atoms with E-state index in [-0.39, 0.29) is 6.10 Å². The van der Waals surface area contributed by atoms with E-state index in [9.17, 15) is 0 Å². The maximum absolute atomic E-state index is 5.26. The van der Waals surface area contributed by atoms with E-state index in [1.165, 1.54) is 12.8 Å². The first kappa shape index (κ1) is 11.8. The molecule has 1 saturated carbocycles. The van der Waals surface area contributed by atoms with Crippen LogP contribution in [0.5, 0.6) is 0 Å². The van der Waals surface area contributed by atoms with E-state index in [4.69, 9.17) is 4.74 Å². The predicted molar refractivity (Wildman–Crippen MR) is 68.6 cm³/mol. The molecule has 1 fully saturated rings. The van der Waals surface area contributed by atoms with E-state index in [0.717, 1.165) is 16.4 Å². The molecule has 0 radical (unpaired) electrons. The van der Waals surface area contributed by atoms with Gasteiger partial charge in [0.25, 0.3) is 0 Å². The fourth-order valence-corrected chi connectivity index (χ4v) is 2.65. The van der Waals surface area contributed by atoms with E-state index in [1.807, 2.05) is 17.8 Å². The summed E-state index contributed by atoms with van der Waals surface area (Å²) in [5.74, 6) is 0.651. The van der Waals surface area contributed by atoms with Crippen molar-refractivity contribution < 1.29 is 4.74 Å². The Kier molecular flexibility index (Phi) is 3.13. The molecule has 5 nitrogen and oxygen atoms in total. The molecule has 2 aromatic rings. The van der Waals surface area contributed by atoms with Crippen molar-refractivity contribution in [2.45, 2.75) is 38.3 Å². The number of rotatable bonds is 5. The van der Waals surface area contributed by atoms with E-state index < -0.39 is 0 Å².